The van der Waals surface area contributed by atoms with Gasteiger partial charge < -0.3 is 10.1 Å². The number of aromatic nitrogens is 4. The number of aryl methyl sites for hydroxylation is 2. The van der Waals surface area contributed by atoms with Gasteiger partial charge >= 0.3 is 0 Å². The largest absolute Gasteiger partial charge is 0.375 e. The molecule has 0 aromatic carbocycles. The van der Waals surface area contributed by atoms with E-state index in [9.17, 15) is 4.79 Å². The first-order chi connectivity index (χ1) is 10.7. The summed E-state index contributed by atoms with van der Waals surface area (Å²) in [5.74, 6) is 0.000688. The number of carbonyl (C=O) groups is 1. The number of nitrogens with zero attached hydrogens (tertiary/aromatic N) is 4. The van der Waals surface area contributed by atoms with Crippen molar-refractivity contribution in [1.82, 2.24) is 20.0 Å². The minimum Gasteiger partial charge on any atom is -0.375 e. The number of anilines is 1. The summed E-state index contributed by atoms with van der Waals surface area (Å²) in [6.07, 6.45) is 3.14. The van der Waals surface area contributed by atoms with E-state index in [2.05, 4.69) is 20.6 Å². The molecule has 2 aromatic rings. The summed E-state index contributed by atoms with van der Waals surface area (Å²) in [5, 5.41) is 11.8. The van der Waals surface area contributed by atoms with Gasteiger partial charge in [0.05, 0.1) is 35.2 Å². The molecule has 3 heterocycles. The molecule has 116 valence electrons. The Hall–Kier alpha value is -1.80. The maximum Gasteiger partial charge on any atom is 0.229 e. The molecule has 0 radical (unpaired) electrons. The number of thiazole rings is 1. The SMILES string of the molecule is Cn1nnc2c1CC(C(=O)Nc1nc3c(s1)COCC3)CC2. The summed E-state index contributed by atoms with van der Waals surface area (Å²) in [6.45, 7) is 1.32. The zero-order chi connectivity index (χ0) is 15.1. The summed E-state index contributed by atoms with van der Waals surface area (Å²) >= 11 is 1.52. The molecule has 0 fully saturated rings. The fourth-order valence-electron chi connectivity index (χ4n) is 3.02. The Morgan fingerprint density at radius 1 is 1.41 bits per heavy atom. The lowest BCUT2D eigenvalue weighted by Crippen LogP contribution is -2.29. The minimum absolute atomic E-state index is 0.0399. The van der Waals surface area contributed by atoms with Crippen LogP contribution in [-0.4, -0.2) is 32.5 Å². The zero-order valence-electron chi connectivity index (χ0n) is 12.3. The van der Waals surface area contributed by atoms with Gasteiger partial charge in [0.2, 0.25) is 5.91 Å². The van der Waals surface area contributed by atoms with Crippen molar-refractivity contribution in [3.63, 3.8) is 0 Å². The van der Waals surface area contributed by atoms with E-state index in [4.69, 9.17) is 4.74 Å². The fourth-order valence-corrected chi connectivity index (χ4v) is 3.97. The summed E-state index contributed by atoms with van der Waals surface area (Å²) in [4.78, 5) is 18.1. The van der Waals surface area contributed by atoms with Crippen LogP contribution in [0.2, 0.25) is 0 Å². The molecule has 2 aliphatic rings. The molecule has 4 rings (SSSR count). The lowest BCUT2D eigenvalue weighted by Gasteiger charge is -2.20. The average Bonchev–Trinajstić information content (AvgIpc) is 3.10. The van der Waals surface area contributed by atoms with Crippen LogP contribution in [0.1, 0.15) is 28.4 Å². The maximum atomic E-state index is 12.5. The van der Waals surface area contributed by atoms with Gasteiger partial charge in [-0.1, -0.05) is 16.6 Å². The Kier molecular flexibility index (Phi) is 3.42. The molecule has 1 amide bonds. The van der Waals surface area contributed by atoms with E-state index in [0.717, 1.165) is 41.2 Å². The third-order valence-electron chi connectivity index (χ3n) is 4.29. The van der Waals surface area contributed by atoms with Gasteiger partial charge in [-0.25, -0.2) is 4.98 Å². The number of hydrogen-bond acceptors (Lipinski definition) is 6. The van der Waals surface area contributed by atoms with Crippen molar-refractivity contribution in [3.05, 3.63) is 22.0 Å². The van der Waals surface area contributed by atoms with Gasteiger partial charge in [-0.2, -0.15) is 0 Å². The minimum atomic E-state index is -0.0399. The number of ether oxygens (including phenoxy) is 1. The molecule has 1 N–H and O–H groups in total. The maximum absolute atomic E-state index is 12.5. The topological polar surface area (TPSA) is 81.9 Å². The molecule has 8 heteroatoms. The number of hydrogen-bond donors (Lipinski definition) is 1. The third-order valence-corrected chi connectivity index (χ3v) is 5.27. The van der Waals surface area contributed by atoms with E-state index in [0.29, 0.717) is 24.8 Å². The Morgan fingerprint density at radius 3 is 3.18 bits per heavy atom. The second kappa shape index (κ2) is 5.44. The monoisotopic (exact) mass is 319 g/mol. The van der Waals surface area contributed by atoms with Crippen LogP contribution < -0.4 is 5.32 Å². The van der Waals surface area contributed by atoms with Crippen molar-refractivity contribution in [2.45, 2.75) is 32.3 Å². The van der Waals surface area contributed by atoms with Crippen LogP contribution in [0.5, 0.6) is 0 Å². The van der Waals surface area contributed by atoms with Crippen LogP contribution in [0, 0.1) is 5.92 Å². The van der Waals surface area contributed by atoms with E-state index in [1.165, 1.54) is 11.3 Å². The highest BCUT2D eigenvalue weighted by Crippen LogP contribution is 2.29. The van der Waals surface area contributed by atoms with Crippen LogP contribution in [0.25, 0.3) is 0 Å². The molecule has 1 aliphatic carbocycles. The Balaban J connectivity index is 1.46. The van der Waals surface area contributed by atoms with Gasteiger partial charge in [0.25, 0.3) is 0 Å². The molecular weight excluding hydrogens is 302 g/mol. The van der Waals surface area contributed by atoms with E-state index in [1.54, 1.807) is 4.68 Å². The van der Waals surface area contributed by atoms with Crippen molar-refractivity contribution in [2.75, 3.05) is 11.9 Å². The van der Waals surface area contributed by atoms with Crippen LogP contribution in [0.15, 0.2) is 0 Å². The molecule has 1 unspecified atom stereocenters. The van der Waals surface area contributed by atoms with E-state index < -0.39 is 0 Å². The standard InChI is InChI=1S/C14H17N5O2S/c1-19-11-6-8(2-3-9(11)17-18-19)13(20)16-14-15-10-4-5-21-7-12(10)22-14/h8H,2-7H2,1H3,(H,15,16,20). The number of carbonyl (C=O) groups excluding carboxylic acids is 1. The molecule has 0 saturated heterocycles. The summed E-state index contributed by atoms with van der Waals surface area (Å²) in [5.41, 5.74) is 3.15. The summed E-state index contributed by atoms with van der Waals surface area (Å²) in [6, 6.07) is 0. The van der Waals surface area contributed by atoms with Crippen LogP contribution in [-0.2, 0) is 42.4 Å². The smallest absolute Gasteiger partial charge is 0.229 e. The predicted octanol–water partition coefficient (Wildman–Crippen LogP) is 1.09. The van der Waals surface area contributed by atoms with Gasteiger partial charge in [-0.15, -0.1) is 5.10 Å². The van der Waals surface area contributed by atoms with Crippen molar-refractivity contribution in [1.29, 1.82) is 0 Å². The summed E-state index contributed by atoms with van der Waals surface area (Å²) < 4.78 is 7.19. The molecule has 0 saturated carbocycles. The van der Waals surface area contributed by atoms with Crippen LogP contribution in [0.4, 0.5) is 5.13 Å². The van der Waals surface area contributed by atoms with Gasteiger partial charge in [0.15, 0.2) is 5.13 Å². The van der Waals surface area contributed by atoms with Crippen molar-refractivity contribution in [2.24, 2.45) is 13.0 Å². The second-order valence-electron chi connectivity index (χ2n) is 5.73. The Labute approximate surface area is 131 Å². The van der Waals surface area contributed by atoms with Crippen LogP contribution >= 0.6 is 11.3 Å². The van der Waals surface area contributed by atoms with Gasteiger partial charge in [-0.05, 0) is 12.8 Å². The number of amides is 1. The molecule has 1 aliphatic heterocycles. The highest BCUT2D eigenvalue weighted by molar-refractivity contribution is 7.15. The van der Waals surface area contributed by atoms with E-state index >= 15 is 0 Å². The zero-order valence-corrected chi connectivity index (χ0v) is 13.2. The first-order valence-corrected chi connectivity index (χ1v) is 8.27. The molecular formula is C14H17N5O2S. The van der Waals surface area contributed by atoms with Gasteiger partial charge in [0, 0.05) is 25.8 Å². The quantitative estimate of drug-likeness (QED) is 0.896. The Bertz CT molecular complexity index is 699. The summed E-state index contributed by atoms with van der Waals surface area (Å²) in [7, 11) is 1.88. The van der Waals surface area contributed by atoms with E-state index in [-0.39, 0.29) is 11.8 Å². The molecule has 22 heavy (non-hydrogen) atoms. The Morgan fingerprint density at radius 2 is 2.32 bits per heavy atom. The van der Waals surface area contributed by atoms with Crippen molar-refractivity contribution < 1.29 is 9.53 Å². The van der Waals surface area contributed by atoms with Crippen molar-refractivity contribution >= 4 is 22.4 Å². The molecule has 7 nitrogen and oxygen atoms in total. The number of fused-ring (bicyclic) bond motifs is 2. The molecule has 1 atom stereocenters. The normalized spacial score (nSPS) is 20.3. The first kappa shape index (κ1) is 13.8. The van der Waals surface area contributed by atoms with Gasteiger partial charge in [0.1, 0.15) is 0 Å². The number of nitrogens with one attached hydrogen (secondary N) is 1. The molecule has 0 spiro atoms. The van der Waals surface area contributed by atoms with Crippen molar-refractivity contribution in [3.8, 4) is 0 Å². The average molecular weight is 319 g/mol. The lowest BCUT2D eigenvalue weighted by atomic mass is 9.89. The second-order valence-corrected chi connectivity index (χ2v) is 6.81. The molecule has 0 bridgehead atoms. The number of rotatable bonds is 2. The predicted molar refractivity (Wildman–Crippen MR) is 80.6 cm³/mol. The molecule has 2 aromatic heterocycles. The first-order valence-electron chi connectivity index (χ1n) is 7.45. The lowest BCUT2D eigenvalue weighted by molar-refractivity contribution is -0.120. The third kappa shape index (κ3) is 2.42. The highest BCUT2D eigenvalue weighted by Gasteiger charge is 2.29. The van der Waals surface area contributed by atoms with E-state index in [1.807, 2.05) is 7.05 Å². The highest BCUT2D eigenvalue weighted by atomic mass is 32.1. The fraction of sp³-hybridized carbons (Fsp3) is 0.571. The van der Waals surface area contributed by atoms with Gasteiger partial charge in [-0.3, -0.25) is 9.48 Å². The van der Waals surface area contributed by atoms with Crippen LogP contribution in [0.3, 0.4) is 0 Å².